The molecule has 0 spiro atoms. The fourth-order valence-electron chi connectivity index (χ4n) is 3.31. The van der Waals surface area contributed by atoms with Crippen molar-refractivity contribution < 1.29 is 9.13 Å². The number of halogens is 1. The topological polar surface area (TPSA) is 27.7 Å². The third-order valence-corrected chi connectivity index (χ3v) is 4.56. The molecule has 1 aromatic carbocycles. The molecular formula is C17H26FN3O. The first-order valence-corrected chi connectivity index (χ1v) is 8.22. The number of nitrogens with zero attached hydrogens (tertiary/aromatic N) is 2. The quantitative estimate of drug-likeness (QED) is 0.918. The Labute approximate surface area is 132 Å². The summed E-state index contributed by atoms with van der Waals surface area (Å²) in [5.41, 5.74) is 3.07. The van der Waals surface area contributed by atoms with E-state index in [-0.39, 0.29) is 0 Å². The summed E-state index contributed by atoms with van der Waals surface area (Å²) in [7, 11) is 0. The van der Waals surface area contributed by atoms with Gasteiger partial charge in [0, 0.05) is 51.0 Å². The van der Waals surface area contributed by atoms with E-state index >= 15 is 0 Å². The largest absolute Gasteiger partial charge is 0.378 e. The normalized spacial score (nSPS) is 23.7. The number of morpholine rings is 1. The minimum absolute atomic E-state index is 0.394. The number of hydrogen-bond donors (Lipinski definition) is 1. The second-order valence-electron chi connectivity index (χ2n) is 6.28. The van der Waals surface area contributed by atoms with Crippen LogP contribution in [0.15, 0.2) is 18.2 Å². The van der Waals surface area contributed by atoms with E-state index in [1.54, 1.807) is 0 Å². The van der Waals surface area contributed by atoms with Gasteiger partial charge in [0.1, 0.15) is 6.67 Å². The molecule has 0 aromatic heterocycles. The maximum atomic E-state index is 13.5. The third kappa shape index (κ3) is 3.77. The zero-order valence-electron chi connectivity index (χ0n) is 13.4. The molecule has 22 heavy (non-hydrogen) atoms. The standard InChI is InChI=1S/C17H26FN3O/c1-14-12-20(5-4-19-14)13-15-2-3-17(10-16(15)11-18)21-6-8-22-9-7-21/h2-3,10,14,19H,4-9,11-13H2,1H3/t14-/m0/s1. The molecule has 122 valence electrons. The van der Waals surface area contributed by atoms with E-state index in [9.17, 15) is 4.39 Å². The van der Waals surface area contributed by atoms with Crippen LogP contribution in [0.5, 0.6) is 0 Å². The van der Waals surface area contributed by atoms with Gasteiger partial charge in [0.05, 0.1) is 13.2 Å². The summed E-state index contributed by atoms with van der Waals surface area (Å²) in [6.07, 6.45) is 0. The number of nitrogens with one attached hydrogen (secondary N) is 1. The van der Waals surface area contributed by atoms with E-state index in [1.165, 1.54) is 0 Å². The monoisotopic (exact) mass is 307 g/mol. The van der Waals surface area contributed by atoms with Gasteiger partial charge in [-0.15, -0.1) is 0 Å². The number of ether oxygens (including phenoxy) is 1. The summed E-state index contributed by atoms with van der Waals surface area (Å²) in [5, 5.41) is 3.44. The van der Waals surface area contributed by atoms with Crippen molar-refractivity contribution in [3.63, 3.8) is 0 Å². The molecule has 2 aliphatic rings. The van der Waals surface area contributed by atoms with Crippen molar-refractivity contribution in [2.24, 2.45) is 0 Å². The van der Waals surface area contributed by atoms with Crippen LogP contribution in [0.25, 0.3) is 0 Å². The van der Waals surface area contributed by atoms with Gasteiger partial charge >= 0.3 is 0 Å². The van der Waals surface area contributed by atoms with Crippen molar-refractivity contribution in [3.8, 4) is 0 Å². The van der Waals surface area contributed by atoms with Crippen LogP contribution in [0.2, 0.25) is 0 Å². The van der Waals surface area contributed by atoms with Gasteiger partial charge in [0.25, 0.3) is 0 Å². The lowest BCUT2D eigenvalue weighted by Crippen LogP contribution is -2.48. The van der Waals surface area contributed by atoms with Gasteiger partial charge in [-0.1, -0.05) is 6.07 Å². The minimum Gasteiger partial charge on any atom is -0.378 e. The van der Waals surface area contributed by atoms with Crippen LogP contribution in [0.1, 0.15) is 18.1 Å². The first-order valence-electron chi connectivity index (χ1n) is 8.22. The van der Waals surface area contributed by atoms with Gasteiger partial charge in [-0.25, -0.2) is 4.39 Å². The Kier molecular flexibility index (Phi) is 5.28. The molecule has 3 rings (SSSR count). The molecule has 1 atom stereocenters. The van der Waals surface area contributed by atoms with Crippen LogP contribution in [0, 0.1) is 0 Å². The van der Waals surface area contributed by atoms with Crippen LogP contribution >= 0.6 is 0 Å². The summed E-state index contributed by atoms with van der Waals surface area (Å²) < 4.78 is 18.9. The van der Waals surface area contributed by atoms with E-state index in [4.69, 9.17) is 4.74 Å². The molecule has 2 saturated heterocycles. The Morgan fingerprint density at radius 3 is 2.77 bits per heavy atom. The Morgan fingerprint density at radius 2 is 2.05 bits per heavy atom. The zero-order chi connectivity index (χ0) is 15.4. The van der Waals surface area contributed by atoms with Crippen LogP contribution in [0.3, 0.4) is 0 Å². The first kappa shape index (κ1) is 15.7. The highest BCUT2D eigenvalue weighted by Gasteiger charge is 2.18. The number of benzene rings is 1. The Balaban J connectivity index is 1.71. The molecular weight excluding hydrogens is 281 g/mol. The molecule has 2 aliphatic heterocycles. The van der Waals surface area contributed by atoms with Gasteiger partial charge in [0.2, 0.25) is 0 Å². The maximum Gasteiger partial charge on any atom is 0.115 e. The number of piperazine rings is 1. The number of hydrogen-bond acceptors (Lipinski definition) is 4. The number of anilines is 1. The first-order chi connectivity index (χ1) is 10.8. The van der Waals surface area contributed by atoms with Crippen LogP contribution in [-0.2, 0) is 18.0 Å². The van der Waals surface area contributed by atoms with E-state index in [0.29, 0.717) is 6.04 Å². The van der Waals surface area contributed by atoms with Crippen molar-refractivity contribution in [1.29, 1.82) is 0 Å². The molecule has 1 N–H and O–H groups in total. The molecule has 0 aliphatic carbocycles. The highest BCUT2D eigenvalue weighted by atomic mass is 19.1. The van der Waals surface area contributed by atoms with Crippen molar-refractivity contribution in [2.45, 2.75) is 26.2 Å². The number of alkyl halides is 1. The van der Waals surface area contributed by atoms with E-state index in [1.807, 2.05) is 6.07 Å². The summed E-state index contributed by atoms with van der Waals surface area (Å²) in [4.78, 5) is 4.68. The fraction of sp³-hybridized carbons (Fsp3) is 0.647. The molecule has 0 radical (unpaired) electrons. The molecule has 2 fully saturated rings. The Bertz CT molecular complexity index is 491. The van der Waals surface area contributed by atoms with Crippen molar-refractivity contribution in [3.05, 3.63) is 29.3 Å². The van der Waals surface area contributed by atoms with Gasteiger partial charge in [-0.3, -0.25) is 4.90 Å². The molecule has 0 unspecified atom stereocenters. The van der Waals surface area contributed by atoms with Gasteiger partial charge in [-0.2, -0.15) is 0 Å². The van der Waals surface area contributed by atoms with Crippen molar-refractivity contribution in [2.75, 3.05) is 50.8 Å². The van der Waals surface area contributed by atoms with Crippen molar-refractivity contribution >= 4 is 5.69 Å². The molecule has 0 amide bonds. The molecule has 0 saturated carbocycles. The van der Waals surface area contributed by atoms with E-state index in [0.717, 1.165) is 69.3 Å². The predicted octanol–water partition coefficient (Wildman–Crippen LogP) is 1.79. The summed E-state index contributed by atoms with van der Waals surface area (Å²) in [6, 6.07) is 6.76. The zero-order valence-corrected chi connectivity index (χ0v) is 13.4. The summed E-state index contributed by atoms with van der Waals surface area (Å²) in [5.74, 6) is 0. The van der Waals surface area contributed by atoms with Crippen LogP contribution < -0.4 is 10.2 Å². The second-order valence-corrected chi connectivity index (χ2v) is 6.28. The average molecular weight is 307 g/mol. The van der Waals surface area contributed by atoms with Crippen LogP contribution in [-0.4, -0.2) is 56.9 Å². The van der Waals surface area contributed by atoms with E-state index in [2.05, 4.69) is 34.2 Å². The number of rotatable bonds is 4. The van der Waals surface area contributed by atoms with E-state index < -0.39 is 6.67 Å². The fourth-order valence-corrected chi connectivity index (χ4v) is 3.31. The Hall–Kier alpha value is -1.17. The molecule has 2 heterocycles. The smallest absolute Gasteiger partial charge is 0.115 e. The lowest BCUT2D eigenvalue weighted by atomic mass is 10.1. The second kappa shape index (κ2) is 7.40. The van der Waals surface area contributed by atoms with Gasteiger partial charge in [0.15, 0.2) is 0 Å². The summed E-state index contributed by atoms with van der Waals surface area (Å²) in [6.45, 7) is 9.00. The lowest BCUT2D eigenvalue weighted by Gasteiger charge is -2.33. The highest BCUT2D eigenvalue weighted by molar-refractivity contribution is 5.51. The molecule has 5 heteroatoms. The lowest BCUT2D eigenvalue weighted by molar-refractivity contribution is 0.122. The maximum absolute atomic E-state index is 13.5. The van der Waals surface area contributed by atoms with Crippen LogP contribution in [0.4, 0.5) is 10.1 Å². The highest BCUT2D eigenvalue weighted by Crippen LogP contribution is 2.23. The van der Waals surface area contributed by atoms with Crippen molar-refractivity contribution in [1.82, 2.24) is 10.2 Å². The summed E-state index contributed by atoms with van der Waals surface area (Å²) >= 11 is 0. The molecule has 0 bridgehead atoms. The SMILES string of the molecule is C[C@H]1CN(Cc2ccc(N3CCOCC3)cc2CF)CCN1. The molecule has 1 aromatic rings. The Morgan fingerprint density at radius 1 is 1.23 bits per heavy atom. The predicted molar refractivity (Wildman–Crippen MR) is 87.0 cm³/mol. The van der Waals surface area contributed by atoms with Gasteiger partial charge in [-0.05, 0) is 30.2 Å². The van der Waals surface area contributed by atoms with Gasteiger partial charge < -0.3 is 15.0 Å². The average Bonchev–Trinajstić information content (AvgIpc) is 2.56. The molecule has 4 nitrogen and oxygen atoms in total. The minimum atomic E-state index is -0.394. The third-order valence-electron chi connectivity index (χ3n) is 4.56.